The van der Waals surface area contributed by atoms with E-state index in [9.17, 15) is 4.79 Å². The second-order valence-electron chi connectivity index (χ2n) is 4.53. The summed E-state index contributed by atoms with van der Waals surface area (Å²) in [5.74, 6) is 0.299. The normalized spacial score (nSPS) is 12.6. The Bertz CT molecular complexity index is 595. The third-order valence-electron chi connectivity index (χ3n) is 3.29. The molecule has 0 aliphatic rings. The molecule has 0 aliphatic carbocycles. The van der Waals surface area contributed by atoms with Crippen molar-refractivity contribution in [1.82, 2.24) is 24.9 Å². The van der Waals surface area contributed by atoms with Gasteiger partial charge in [0.15, 0.2) is 0 Å². The van der Waals surface area contributed by atoms with Gasteiger partial charge in [0, 0.05) is 18.8 Å². The van der Waals surface area contributed by atoms with Gasteiger partial charge < -0.3 is 10.4 Å². The maximum atomic E-state index is 12.3. The highest BCUT2D eigenvalue weighted by Gasteiger charge is 2.18. The van der Waals surface area contributed by atoms with Gasteiger partial charge in [-0.2, -0.15) is 10.1 Å². The van der Waals surface area contributed by atoms with Crippen LogP contribution >= 0.6 is 0 Å². The van der Waals surface area contributed by atoms with E-state index in [1.165, 1.54) is 12.5 Å². The molecule has 1 atom stereocenters. The quantitative estimate of drug-likeness (QED) is 0.805. The average molecular weight is 277 g/mol. The number of carbonyl (C=O) groups excluding carboxylic acids is 1. The third-order valence-corrected chi connectivity index (χ3v) is 3.29. The number of aryl methyl sites for hydroxylation is 1. The molecule has 108 valence electrons. The van der Waals surface area contributed by atoms with Crippen LogP contribution in [0.5, 0.6) is 0 Å². The van der Waals surface area contributed by atoms with Crippen molar-refractivity contribution >= 4 is 11.7 Å². The van der Waals surface area contributed by atoms with Gasteiger partial charge in [-0.25, -0.2) is 9.50 Å². The lowest BCUT2D eigenvalue weighted by Crippen LogP contribution is -2.36. The molecule has 0 aliphatic heterocycles. The fourth-order valence-corrected chi connectivity index (χ4v) is 2.15. The van der Waals surface area contributed by atoms with Crippen molar-refractivity contribution in [1.29, 1.82) is 0 Å². The molecule has 20 heavy (non-hydrogen) atoms. The molecule has 0 fully saturated rings. The topological polar surface area (TPSA) is 92.4 Å². The SMILES string of the molecule is CCc1c(C(=O)NC(CC)CCO)cnc2ncnn12. The maximum absolute atomic E-state index is 12.3. The molecule has 0 radical (unpaired) electrons. The summed E-state index contributed by atoms with van der Waals surface area (Å²) in [4.78, 5) is 20.5. The molecule has 1 amide bonds. The summed E-state index contributed by atoms with van der Waals surface area (Å²) >= 11 is 0. The molecule has 2 rings (SSSR count). The van der Waals surface area contributed by atoms with Crippen LogP contribution in [0, 0.1) is 0 Å². The van der Waals surface area contributed by atoms with Crippen LogP contribution in [0.1, 0.15) is 42.7 Å². The molecule has 0 bridgehead atoms. The number of nitrogens with one attached hydrogen (secondary N) is 1. The highest BCUT2D eigenvalue weighted by molar-refractivity contribution is 5.95. The summed E-state index contributed by atoms with van der Waals surface area (Å²) < 4.78 is 1.59. The Morgan fingerprint density at radius 1 is 1.45 bits per heavy atom. The number of carbonyl (C=O) groups is 1. The second-order valence-corrected chi connectivity index (χ2v) is 4.53. The number of aliphatic hydroxyl groups is 1. The van der Waals surface area contributed by atoms with Gasteiger partial charge in [0.25, 0.3) is 11.7 Å². The fourth-order valence-electron chi connectivity index (χ4n) is 2.15. The second kappa shape index (κ2) is 6.42. The van der Waals surface area contributed by atoms with E-state index in [1.54, 1.807) is 4.52 Å². The van der Waals surface area contributed by atoms with Crippen LogP contribution in [0.25, 0.3) is 5.78 Å². The summed E-state index contributed by atoms with van der Waals surface area (Å²) in [7, 11) is 0. The monoisotopic (exact) mass is 277 g/mol. The Labute approximate surface area is 117 Å². The van der Waals surface area contributed by atoms with Crippen LogP contribution < -0.4 is 5.32 Å². The molecule has 7 nitrogen and oxygen atoms in total. The Balaban J connectivity index is 2.29. The van der Waals surface area contributed by atoms with Crippen molar-refractivity contribution in [3.63, 3.8) is 0 Å². The van der Waals surface area contributed by atoms with Gasteiger partial charge >= 0.3 is 0 Å². The summed E-state index contributed by atoms with van der Waals surface area (Å²) in [6.07, 6.45) is 4.92. The standard InChI is InChI=1S/C13H19N5O2/c1-3-9(5-6-19)17-12(20)10-7-14-13-15-8-16-18(13)11(10)4-2/h7-9,19H,3-6H2,1-2H3,(H,17,20). The Morgan fingerprint density at radius 3 is 2.90 bits per heavy atom. The summed E-state index contributed by atoms with van der Waals surface area (Å²) in [5, 5.41) is 16.0. The Hall–Kier alpha value is -2.02. The molecule has 0 saturated carbocycles. The zero-order valence-corrected chi connectivity index (χ0v) is 11.7. The lowest BCUT2D eigenvalue weighted by atomic mass is 10.1. The van der Waals surface area contributed by atoms with E-state index in [0.717, 1.165) is 12.1 Å². The predicted molar refractivity (Wildman–Crippen MR) is 73.4 cm³/mol. The van der Waals surface area contributed by atoms with Crippen molar-refractivity contribution in [3.8, 4) is 0 Å². The maximum Gasteiger partial charge on any atom is 0.254 e. The number of fused-ring (bicyclic) bond motifs is 1. The third kappa shape index (κ3) is 2.77. The highest BCUT2D eigenvalue weighted by atomic mass is 16.3. The molecule has 0 saturated heterocycles. The summed E-state index contributed by atoms with van der Waals surface area (Å²) in [6.45, 7) is 3.98. The molecule has 2 aromatic heterocycles. The summed E-state index contributed by atoms with van der Waals surface area (Å²) in [6, 6.07) is -0.0383. The highest BCUT2D eigenvalue weighted by Crippen LogP contribution is 2.10. The van der Waals surface area contributed by atoms with Gasteiger partial charge in [-0.1, -0.05) is 13.8 Å². The smallest absolute Gasteiger partial charge is 0.254 e. The van der Waals surface area contributed by atoms with E-state index in [1.807, 2.05) is 13.8 Å². The molecule has 1 unspecified atom stereocenters. The lowest BCUT2D eigenvalue weighted by Gasteiger charge is -2.16. The number of hydrogen-bond acceptors (Lipinski definition) is 5. The van der Waals surface area contributed by atoms with E-state index in [2.05, 4.69) is 20.4 Å². The van der Waals surface area contributed by atoms with E-state index < -0.39 is 0 Å². The first-order valence-electron chi connectivity index (χ1n) is 6.80. The van der Waals surface area contributed by atoms with Gasteiger partial charge in [-0.15, -0.1) is 0 Å². The van der Waals surface area contributed by atoms with E-state index in [0.29, 0.717) is 24.2 Å². The lowest BCUT2D eigenvalue weighted by molar-refractivity contribution is 0.0927. The molecule has 0 aromatic carbocycles. The summed E-state index contributed by atoms with van der Waals surface area (Å²) in [5.41, 5.74) is 1.28. The first-order chi connectivity index (χ1) is 9.71. The van der Waals surface area contributed by atoms with Crippen molar-refractivity contribution in [2.24, 2.45) is 0 Å². The zero-order valence-electron chi connectivity index (χ0n) is 11.7. The van der Waals surface area contributed by atoms with E-state index >= 15 is 0 Å². The molecule has 7 heteroatoms. The first-order valence-corrected chi connectivity index (χ1v) is 6.80. The van der Waals surface area contributed by atoms with Crippen LogP contribution in [-0.4, -0.2) is 43.2 Å². The number of aliphatic hydroxyl groups excluding tert-OH is 1. The van der Waals surface area contributed by atoms with Crippen LogP contribution in [0.2, 0.25) is 0 Å². The minimum absolute atomic E-state index is 0.0383. The largest absolute Gasteiger partial charge is 0.396 e. The van der Waals surface area contributed by atoms with Crippen LogP contribution in [0.3, 0.4) is 0 Å². The number of nitrogens with zero attached hydrogens (tertiary/aromatic N) is 4. The molecule has 0 spiro atoms. The van der Waals surface area contributed by atoms with Crippen molar-refractivity contribution in [2.75, 3.05) is 6.61 Å². The fraction of sp³-hybridized carbons (Fsp3) is 0.538. The van der Waals surface area contributed by atoms with Gasteiger partial charge in [-0.05, 0) is 19.3 Å². The molecular formula is C13H19N5O2. The molecule has 2 heterocycles. The number of aromatic nitrogens is 4. The number of rotatable bonds is 6. The average Bonchev–Trinajstić information content (AvgIpc) is 2.93. The Morgan fingerprint density at radius 2 is 2.25 bits per heavy atom. The first kappa shape index (κ1) is 14.4. The Kier molecular flexibility index (Phi) is 4.62. The van der Waals surface area contributed by atoms with E-state index in [4.69, 9.17) is 5.11 Å². The minimum Gasteiger partial charge on any atom is -0.396 e. The van der Waals surface area contributed by atoms with Crippen LogP contribution in [0.15, 0.2) is 12.5 Å². The molecular weight excluding hydrogens is 258 g/mol. The van der Waals surface area contributed by atoms with Crippen molar-refractivity contribution < 1.29 is 9.90 Å². The van der Waals surface area contributed by atoms with Gasteiger partial charge in [0.05, 0.1) is 11.3 Å². The predicted octanol–water partition coefficient (Wildman–Crippen LogP) is 0.577. The van der Waals surface area contributed by atoms with Gasteiger partial charge in [-0.3, -0.25) is 4.79 Å². The molecule has 2 N–H and O–H groups in total. The zero-order chi connectivity index (χ0) is 14.5. The minimum atomic E-state index is -0.188. The number of amides is 1. The van der Waals surface area contributed by atoms with E-state index in [-0.39, 0.29) is 18.6 Å². The van der Waals surface area contributed by atoms with Crippen LogP contribution in [0.4, 0.5) is 0 Å². The number of hydrogen-bond donors (Lipinski definition) is 2. The van der Waals surface area contributed by atoms with Crippen molar-refractivity contribution in [2.45, 2.75) is 39.2 Å². The van der Waals surface area contributed by atoms with Gasteiger partial charge in [0.2, 0.25) is 0 Å². The van der Waals surface area contributed by atoms with Crippen molar-refractivity contribution in [3.05, 3.63) is 23.8 Å². The molecule has 2 aromatic rings. The van der Waals surface area contributed by atoms with Gasteiger partial charge in [0.1, 0.15) is 6.33 Å². The van der Waals surface area contributed by atoms with Crippen LogP contribution in [-0.2, 0) is 6.42 Å².